The summed E-state index contributed by atoms with van der Waals surface area (Å²) in [6, 6.07) is 3.81. The van der Waals surface area contributed by atoms with Gasteiger partial charge in [-0.2, -0.15) is 0 Å². The molecule has 1 aromatic rings. The van der Waals surface area contributed by atoms with Crippen LogP contribution in [0.2, 0.25) is 0 Å². The molecule has 0 bridgehead atoms. The molecule has 0 radical (unpaired) electrons. The van der Waals surface area contributed by atoms with Crippen molar-refractivity contribution in [3.05, 3.63) is 23.3 Å². The van der Waals surface area contributed by atoms with Crippen molar-refractivity contribution in [1.82, 2.24) is 0 Å². The van der Waals surface area contributed by atoms with Gasteiger partial charge >= 0.3 is 6.09 Å². The largest absolute Gasteiger partial charge is 0.493 e. The highest BCUT2D eigenvalue weighted by Crippen LogP contribution is 2.34. The van der Waals surface area contributed by atoms with E-state index < -0.39 is 0 Å². The van der Waals surface area contributed by atoms with E-state index in [2.05, 4.69) is 5.32 Å². The second-order valence-corrected chi connectivity index (χ2v) is 5.45. The van der Waals surface area contributed by atoms with Gasteiger partial charge in [0.25, 0.3) is 0 Å². The fraction of sp³-hybridized carbons (Fsp3) is 0.562. The number of rotatable bonds is 5. The third-order valence-corrected chi connectivity index (χ3v) is 3.57. The number of hydrogen-bond donors (Lipinski definition) is 1. The van der Waals surface area contributed by atoms with Crippen molar-refractivity contribution in [3.63, 3.8) is 0 Å². The van der Waals surface area contributed by atoms with Gasteiger partial charge in [0, 0.05) is 5.69 Å². The summed E-state index contributed by atoms with van der Waals surface area (Å²) >= 11 is 0. The number of aryl methyl sites for hydroxylation is 2. The van der Waals surface area contributed by atoms with Crippen molar-refractivity contribution < 1.29 is 14.3 Å². The zero-order chi connectivity index (χ0) is 14.7. The van der Waals surface area contributed by atoms with Crippen LogP contribution in [0.3, 0.4) is 0 Å². The SMILES string of the molecule is CCOc1c(C)cc(NC(=O)OC(C)C2CC2)cc1C. The van der Waals surface area contributed by atoms with Crippen molar-refractivity contribution in [2.45, 2.75) is 46.6 Å². The van der Waals surface area contributed by atoms with Crippen LogP contribution in [0.5, 0.6) is 5.75 Å². The van der Waals surface area contributed by atoms with E-state index in [1.807, 2.05) is 39.8 Å². The van der Waals surface area contributed by atoms with E-state index in [9.17, 15) is 4.79 Å². The smallest absolute Gasteiger partial charge is 0.411 e. The number of nitrogens with one attached hydrogen (secondary N) is 1. The van der Waals surface area contributed by atoms with E-state index in [1.165, 1.54) is 0 Å². The minimum atomic E-state index is -0.382. The first-order valence-corrected chi connectivity index (χ1v) is 7.23. The Kier molecular flexibility index (Phi) is 4.53. The lowest BCUT2D eigenvalue weighted by Crippen LogP contribution is -2.21. The van der Waals surface area contributed by atoms with Gasteiger partial charge in [0.1, 0.15) is 11.9 Å². The fourth-order valence-electron chi connectivity index (χ4n) is 2.37. The first-order chi connectivity index (χ1) is 9.51. The van der Waals surface area contributed by atoms with Gasteiger partial charge in [-0.15, -0.1) is 0 Å². The summed E-state index contributed by atoms with van der Waals surface area (Å²) in [6.45, 7) is 8.49. The summed E-state index contributed by atoms with van der Waals surface area (Å²) in [6.07, 6.45) is 1.94. The van der Waals surface area contributed by atoms with E-state index in [-0.39, 0.29) is 12.2 Å². The van der Waals surface area contributed by atoms with Gasteiger partial charge in [-0.3, -0.25) is 5.32 Å². The number of benzene rings is 1. The lowest BCUT2D eigenvalue weighted by Gasteiger charge is -2.15. The zero-order valence-electron chi connectivity index (χ0n) is 12.7. The molecule has 1 saturated carbocycles. The van der Waals surface area contributed by atoms with Gasteiger partial charge in [-0.1, -0.05) is 0 Å². The predicted molar refractivity (Wildman–Crippen MR) is 79.4 cm³/mol. The third kappa shape index (κ3) is 3.65. The Morgan fingerprint density at radius 3 is 2.45 bits per heavy atom. The maximum Gasteiger partial charge on any atom is 0.411 e. The van der Waals surface area contributed by atoms with Gasteiger partial charge in [-0.05, 0) is 69.7 Å². The summed E-state index contributed by atoms with van der Waals surface area (Å²) in [5.74, 6) is 1.43. The molecule has 1 aliphatic rings. The number of carbonyl (C=O) groups excluding carboxylic acids is 1. The predicted octanol–water partition coefficient (Wildman–Crippen LogP) is 4.05. The van der Waals surface area contributed by atoms with Crippen LogP contribution in [0.15, 0.2) is 12.1 Å². The molecule has 1 aliphatic carbocycles. The lowest BCUT2D eigenvalue weighted by molar-refractivity contribution is 0.108. The first kappa shape index (κ1) is 14.7. The molecule has 0 aromatic heterocycles. The van der Waals surface area contributed by atoms with Gasteiger partial charge in [0.2, 0.25) is 0 Å². The van der Waals surface area contributed by atoms with Crippen molar-refractivity contribution in [3.8, 4) is 5.75 Å². The minimum Gasteiger partial charge on any atom is -0.493 e. The van der Waals surface area contributed by atoms with Gasteiger partial charge < -0.3 is 9.47 Å². The molecule has 2 rings (SSSR count). The standard InChI is InChI=1S/C16H23NO3/c1-5-19-15-10(2)8-14(9-11(15)3)17-16(18)20-12(4)13-6-7-13/h8-9,12-13H,5-7H2,1-4H3,(H,17,18). The van der Waals surface area contributed by atoms with E-state index in [0.29, 0.717) is 12.5 Å². The molecular formula is C16H23NO3. The van der Waals surface area contributed by atoms with Crippen LogP contribution >= 0.6 is 0 Å². The van der Waals surface area contributed by atoms with Crippen LogP contribution in [-0.2, 0) is 4.74 Å². The van der Waals surface area contributed by atoms with Crippen LogP contribution in [0.25, 0.3) is 0 Å². The molecular weight excluding hydrogens is 254 g/mol. The maximum absolute atomic E-state index is 11.8. The number of anilines is 1. The first-order valence-electron chi connectivity index (χ1n) is 7.23. The van der Waals surface area contributed by atoms with Gasteiger partial charge in [0.05, 0.1) is 6.61 Å². The van der Waals surface area contributed by atoms with E-state index in [4.69, 9.17) is 9.47 Å². The number of ether oxygens (including phenoxy) is 2. The van der Waals surface area contributed by atoms with Crippen molar-refractivity contribution >= 4 is 11.8 Å². The number of amides is 1. The fourth-order valence-corrected chi connectivity index (χ4v) is 2.37. The van der Waals surface area contributed by atoms with Gasteiger partial charge in [0.15, 0.2) is 0 Å². The molecule has 1 N–H and O–H groups in total. The molecule has 1 amide bonds. The molecule has 4 heteroatoms. The quantitative estimate of drug-likeness (QED) is 0.883. The summed E-state index contributed by atoms with van der Waals surface area (Å²) in [5, 5.41) is 2.79. The van der Waals surface area contributed by atoms with Crippen LogP contribution in [0.4, 0.5) is 10.5 Å². The van der Waals surface area contributed by atoms with Crippen molar-refractivity contribution in [1.29, 1.82) is 0 Å². The van der Waals surface area contributed by atoms with E-state index in [1.54, 1.807) is 0 Å². The monoisotopic (exact) mass is 277 g/mol. The minimum absolute atomic E-state index is 0.000100. The third-order valence-electron chi connectivity index (χ3n) is 3.57. The Hall–Kier alpha value is -1.71. The molecule has 1 unspecified atom stereocenters. The Bertz CT molecular complexity index is 471. The summed E-state index contributed by atoms with van der Waals surface area (Å²) in [7, 11) is 0. The van der Waals surface area contributed by atoms with Gasteiger partial charge in [-0.25, -0.2) is 4.79 Å². The van der Waals surface area contributed by atoms with Crippen molar-refractivity contribution in [2.24, 2.45) is 5.92 Å². The average molecular weight is 277 g/mol. The lowest BCUT2D eigenvalue weighted by atomic mass is 10.1. The normalized spacial score (nSPS) is 15.6. The summed E-state index contributed by atoms with van der Waals surface area (Å²) in [4.78, 5) is 11.8. The molecule has 0 spiro atoms. The van der Waals surface area contributed by atoms with Crippen LogP contribution in [0, 0.1) is 19.8 Å². The molecule has 0 aliphatic heterocycles. The topological polar surface area (TPSA) is 47.6 Å². The second kappa shape index (κ2) is 6.16. The molecule has 1 aromatic carbocycles. The maximum atomic E-state index is 11.8. The highest BCUT2D eigenvalue weighted by Gasteiger charge is 2.30. The molecule has 1 fully saturated rings. The Balaban J connectivity index is 2.00. The Morgan fingerprint density at radius 2 is 1.95 bits per heavy atom. The second-order valence-electron chi connectivity index (χ2n) is 5.45. The number of carbonyl (C=O) groups is 1. The molecule has 4 nitrogen and oxygen atoms in total. The highest BCUT2D eigenvalue weighted by molar-refractivity contribution is 5.85. The molecule has 20 heavy (non-hydrogen) atoms. The molecule has 0 saturated heterocycles. The molecule has 1 atom stereocenters. The highest BCUT2D eigenvalue weighted by atomic mass is 16.6. The van der Waals surface area contributed by atoms with Crippen molar-refractivity contribution in [2.75, 3.05) is 11.9 Å². The number of hydrogen-bond acceptors (Lipinski definition) is 3. The summed E-state index contributed by atoms with van der Waals surface area (Å²) < 4.78 is 10.9. The van der Waals surface area contributed by atoms with Crippen LogP contribution in [0.1, 0.15) is 37.8 Å². The summed E-state index contributed by atoms with van der Waals surface area (Å²) in [5.41, 5.74) is 2.77. The van der Waals surface area contributed by atoms with E-state index in [0.717, 1.165) is 35.4 Å². The van der Waals surface area contributed by atoms with Crippen LogP contribution < -0.4 is 10.1 Å². The van der Waals surface area contributed by atoms with Crippen LogP contribution in [-0.4, -0.2) is 18.8 Å². The average Bonchev–Trinajstić information content (AvgIpc) is 3.17. The Labute approximate surface area is 120 Å². The molecule has 110 valence electrons. The Morgan fingerprint density at radius 1 is 1.35 bits per heavy atom. The zero-order valence-corrected chi connectivity index (χ0v) is 12.7. The van der Waals surface area contributed by atoms with E-state index >= 15 is 0 Å². The molecule has 0 heterocycles.